The molecule has 2 fully saturated rings. The molecule has 1 spiro atoms. The summed E-state index contributed by atoms with van der Waals surface area (Å²) in [6.45, 7) is 12.3. The fourth-order valence-corrected chi connectivity index (χ4v) is 4.13. The third-order valence-corrected chi connectivity index (χ3v) is 6.05. The molecule has 0 aromatic heterocycles. The van der Waals surface area contributed by atoms with Crippen LogP contribution in [0.1, 0.15) is 25.3 Å². The minimum Gasteiger partial charge on any atom is -0.466 e. The molecule has 0 saturated carbocycles. The molecule has 0 radical (unpaired) electrons. The number of quaternary nitrogens is 1. The summed E-state index contributed by atoms with van der Waals surface area (Å²) in [6.07, 6.45) is 2.31. The van der Waals surface area contributed by atoms with Gasteiger partial charge in [-0.25, -0.2) is 0 Å². The average molecular weight is 361 g/mol. The van der Waals surface area contributed by atoms with Gasteiger partial charge in [0.05, 0.1) is 45.9 Å². The predicted molar refractivity (Wildman–Crippen MR) is 105 cm³/mol. The molecule has 0 aliphatic carbocycles. The number of esters is 1. The minimum absolute atomic E-state index is 0.0848. The van der Waals surface area contributed by atoms with Gasteiger partial charge in [0.1, 0.15) is 0 Å². The zero-order valence-electron chi connectivity index (χ0n) is 16.5. The average Bonchev–Trinajstić information content (AvgIpc) is 2.66. The number of benzene rings is 1. The molecule has 144 valence electrons. The summed E-state index contributed by atoms with van der Waals surface area (Å²) in [4.78, 5) is 16.4. The largest absolute Gasteiger partial charge is 0.466 e. The SMILES string of the molecule is CCOC(=O)CCCc1ccc(N2CC[N+]3(CCN(C)CC3)CC2)cc1. The summed E-state index contributed by atoms with van der Waals surface area (Å²) in [6, 6.07) is 8.93. The highest BCUT2D eigenvalue weighted by molar-refractivity contribution is 5.69. The molecule has 0 unspecified atom stereocenters. The smallest absolute Gasteiger partial charge is 0.305 e. The molecule has 26 heavy (non-hydrogen) atoms. The first kappa shape index (κ1) is 19.2. The summed E-state index contributed by atoms with van der Waals surface area (Å²) < 4.78 is 6.29. The highest BCUT2D eigenvalue weighted by Crippen LogP contribution is 2.22. The Labute approximate surface area is 158 Å². The van der Waals surface area contributed by atoms with Gasteiger partial charge in [-0.3, -0.25) is 9.69 Å². The van der Waals surface area contributed by atoms with Gasteiger partial charge in [0, 0.05) is 25.2 Å². The van der Waals surface area contributed by atoms with E-state index in [4.69, 9.17) is 4.74 Å². The van der Waals surface area contributed by atoms with Gasteiger partial charge in [-0.1, -0.05) is 12.1 Å². The Bertz CT molecular complexity index is 569. The molecule has 2 aliphatic heterocycles. The van der Waals surface area contributed by atoms with E-state index < -0.39 is 0 Å². The number of nitrogens with zero attached hydrogens (tertiary/aromatic N) is 3. The topological polar surface area (TPSA) is 32.8 Å². The first-order valence-corrected chi connectivity index (χ1v) is 10.1. The van der Waals surface area contributed by atoms with Gasteiger partial charge in [-0.05, 0) is 44.5 Å². The molecule has 0 N–H and O–H groups in total. The maximum absolute atomic E-state index is 11.4. The minimum atomic E-state index is -0.0848. The Morgan fingerprint density at radius 1 is 1.04 bits per heavy atom. The predicted octanol–water partition coefficient (Wildman–Crippen LogP) is 2.15. The zero-order valence-corrected chi connectivity index (χ0v) is 16.5. The fraction of sp³-hybridized carbons (Fsp3) is 0.667. The van der Waals surface area contributed by atoms with Crippen LogP contribution in [0.4, 0.5) is 5.69 Å². The number of hydrogen-bond donors (Lipinski definition) is 0. The molecule has 2 aliphatic rings. The highest BCUT2D eigenvalue weighted by atomic mass is 16.5. The van der Waals surface area contributed by atoms with Gasteiger partial charge in [0.2, 0.25) is 0 Å². The molecule has 3 rings (SSSR count). The van der Waals surface area contributed by atoms with Gasteiger partial charge >= 0.3 is 5.97 Å². The lowest BCUT2D eigenvalue weighted by atomic mass is 10.1. The maximum atomic E-state index is 11.4. The van der Waals surface area contributed by atoms with E-state index in [-0.39, 0.29) is 5.97 Å². The van der Waals surface area contributed by atoms with Crippen molar-refractivity contribution in [3.05, 3.63) is 29.8 Å². The monoisotopic (exact) mass is 360 g/mol. The van der Waals surface area contributed by atoms with Gasteiger partial charge < -0.3 is 14.1 Å². The number of rotatable bonds is 6. The molecule has 5 nitrogen and oxygen atoms in total. The Hall–Kier alpha value is -1.59. The summed E-state index contributed by atoms with van der Waals surface area (Å²) in [5.74, 6) is -0.0848. The van der Waals surface area contributed by atoms with Crippen LogP contribution in [0.15, 0.2) is 24.3 Å². The molecule has 1 aromatic carbocycles. The van der Waals surface area contributed by atoms with Crippen molar-refractivity contribution in [2.75, 3.05) is 70.9 Å². The summed E-state index contributed by atoms with van der Waals surface area (Å²) in [5.41, 5.74) is 2.64. The number of carbonyl (C=O) groups is 1. The molecular weight excluding hydrogens is 326 g/mol. The Kier molecular flexibility index (Phi) is 6.54. The van der Waals surface area contributed by atoms with Crippen LogP contribution >= 0.6 is 0 Å². The van der Waals surface area contributed by atoms with E-state index in [0.29, 0.717) is 13.0 Å². The van der Waals surface area contributed by atoms with Crippen molar-refractivity contribution >= 4 is 11.7 Å². The van der Waals surface area contributed by atoms with Gasteiger partial charge in [-0.15, -0.1) is 0 Å². The number of aryl methyl sites for hydroxylation is 1. The van der Waals surface area contributed by atoms with Crippen molar-refractivity contribution in [1.82, 2.24) is 4.90 Å². The van der Waals surface area contributed by atoms with E-state index in [2.05, 4.69) is 41.1 Å². The van der Waals surface area contributed by atoms with Gasteiger partial charge in [0.25, 0.3) is 0 Å². The Morgan fingerprint density at radius 2 is 1.65 bits per heavy atom. The van der Waals surface area contributed by atoms with Crippen LogP contribution in [-0.2, 0) is 16.0 Å². The molecule has 2 heterocycles. The van der Waals surface area contributed by atoms with Crippen LogP contribution in [0.3, 0.4) is 0 Å². The normalized spacial score (nSPS) is 20.3. The van der Waals surface area contributed by atoms with Crippen molar-refractivity contribution in [3.8, 4) is 0 Å². The quantitative estimate of drug-likeness (QED) is 0.575. The molecule has 0 bridgehead atoms. The van der Waals surface area contributed by atoms with Crippen LogP contribution < -0.4 is 4.90 Å². The van der Waals surface area contributed by atoms with Crippen LogP contribution in [0, 0.1) is 0 Å². The van der Waals surface area contributed by atoms with Crippen molar-refractivity contribution < 1.29 is 14.0 Å². The van der Waals surface area contributed by atoms with E-state index in [1.54, 1.807) is 0 Å². The lowest BCUT2D eigenvalue weighted by Gasteiger charge is -2.49. The van der Waals surface area contributed by atoms with Crippen molar-refractivity contribution in [3.63, 3.8) is 0 Å². The lowest BCUT2D eigenvalue weighted by molar-refractivity contribution is -0.932. The van der Waals surface area contributed by atoms with Crippen molar-refractivity contribution in [2.45, 2.75) is 26.2 Å². The Balaban J connectivity index is 1.45. The fourth-order valence-electron chi connectivity index (χ4n) is 4.13. The third-order valence-electron chi connectivity index (χ3n) is 6.05. The molecule has 2 saturated heterocycles. The van der Waals surface area contributed by atoms with Gasteiger partial charge in [-0.2, -0.15) is 0 Å². The van der Waals surface area contributed by atoms with E-state index >= 15 is 0 Å². The van der Waals surface area contributed by atoms with E-state index in [1.165, 1.54) is 55.0 Å². The van der Waals surface area contributed by atoms with Crippen LogP contribution in [0.2, 0.25) is 0 Å². The number of piperazine rings is 2. The van der Waals surface area contributed by atoms with Crippen LogP contribution in [0.5, 0.6) is 0 Å². The second-order valence-electron chi connectivity index (χ2n) is 7.85. The second kappa shape index (κ2) is 8.87. The lowest BCUT2D eigenvalue weighted by Crippen LogP contribution is -2.65. The highest BCUT2D eigenvalue weighted by Gasteiger charge is 2.35. The zero-order chi connectivity index (χ0) is 18.4. The molecule has 0 amide bonds. The first-order valence-electron chi connectivity index (χ1n) is 10.1. The molecule has 1 aromatic rings. The summed E-state index contributed by atoms with van der Waals surface area (Å²) in [7, 11) is 2.24. The van der Waals surface area contributed by atoms with Crippen LogP contribution in [-0.4, -0.2) is 81.4 Å². The molecule has 5 heteroatoms. The first-order chi connectivity index (χ1) is 12.6. The van der Waals surface area contributed by atoms with Crippen molar-refractivity contribution in [1.29, 1.82) is 0 Å². The van der Waals surface area contributed by atoms with E-state index in [0.717, 1.165) is 25.9 Å². The number of anilines is 1. The summed E-state index contributed by atoms with van der Waals surface area (Å²) in [5, 5.41) is 0. The second-order valence-corrected chi connectivity index (χ2v) is 7.85. The molecule has 0 atom stereocenters. The molecular formula is C21H34N3O2+. The van der Waals surface area contributed by atoms with Crippen LogP contribution in [0.25, 0.3) is 0 Å². The number of hydrogen-bond acceptors (Lipinski definition) is 4. The summed E-state index contributed by atoms with van der Waals surface area (Å²) >= 11 is 0. The van der Waals surface area contributed by atoms with Gasteiger partial charge in [0.15, 0.2) is 0 Å². The third kappa shape index (κ3) is 4.98. The Morgan fingerprint density at radius 3 is 2.27 bits per heavy atom. The number of carbonyl (C=O) groups excluding carboxylic acids is 1. The van der Waals surface area contributed by atoms with Crippen molar-refractivity contribution in [2.24, 2.45) is 0 Å². The maximum Gasteiger partial charge on any atom is 0.305 e. The van der Waals surface area contributed by atoms with E-state index in [1.807, 2.05) is 6.92 Å². The standard InChI is InChI=1S/C21H34N3O2/c1-3-26-21(25)6-4-5-19-7-9-20(10-8-19)23-13-17-24(18-14-23)15-11-22(2)12-16-24/h7-10H,3-6,11-18H2,1-2H3/q+1. The number of likely N-dealkylation sites (N-methyl/N-ethyl adjacent to an activating group) is 1. The number of ether oxygens (including phenoxy) is 1. The van der Waals surface area contributed by atoms with E-state index in [9.17, 15) is 4.79 Å².